The normalized spacial score (nSPS) is 27.6. The van der Waals surface area contributed by atoms with Gasteiger partial charge in [0.15, 0.2) is 0 Å². The molecule has 0 saturated carbocycles. The Morgan fingerprint density at radius 3 is 2.55 bits per heavy atom. The van der Waals surface area contributed by atoms with Gasteiger partial charge < -0.3 is 5.32 Å². The monoisotopic (exact) mass is 153 g/mol. The summed E-state index contributed by atoms with van der Waals surface area (Å²) in [6.45, 7) is 6.30. The molecule has 2 fully saturated rings. The van der Waals surface area contributed by atoms with Crippen LogP contribution in [0.1, 0.15) is 12.8 Å². The lowest BCUT2D eigenvalue weighted by atomic mass is 9.96. The maximum atomic E-state index is 3.40. The third kappa shape index (κ3) is 1.88. The maximum Gasteiger partial charge on any atom is 0.146 e. The fourth-order valence-electron chi connectivity index (χ4n) is 1.89. The Balaban J connectivity index is 1.67. The predicted octanol–water partition coefficient (Wildman–Crippen LogP) is 0.506. The van der Waals surface area contributed by atoms with E-state index in [0.29, 0.717) is 0 Å². The van der Waals surface area contributed by atoms with E-state index in [0.717, 1.165) is 5.92 Å². The maximum absolute atomic E-state index is 3.40. The van der Waals surface area contributed by atoms with E-state index < -0.39 is 0 Å². The number of likely N-dealkylation sites (tertiary alicyclic amines) is 1. The molecule has 2 heteroatoms. The second-order valence-electron chi connectivity index (χ2n) is 3.70. The molecular weight excluding hydrogens is 136 g/mol. The molecule has 1 N–H and O–H groups in total. The zero-order valence-electron chi connectivity index (χ0n) is 7.05. The van der Waals surface area contributed by atoms with Crippen LogP contribution in [0.5, 0.6) is 0 Å². The minimum absolute atomic E-state index is 0.977. The van der Waals surface area contributed by atoms with Crippen molar-refractivity contribution in [2.24, 2.45) is 5.92 Å². The molecule has 0 radical (unpaired) electrons. The first-order valence-electron chi connectivity index (χ1n) is 4.70. The summed E-state index contributed by atoms with van der Waals surface area (Å²) in [5, 5.41) is 3.40. The van der Waals surface area contributed by atoms with Crippen molar-refractivity contribution in [3.05, 3.63) is 6.42 Å². The first-order valence-corrected chi connectivity index (χ1v) is 4.70. The first kappa shape index (κ1) is 7.44. The molecule has 0 aliphatic carbocycles. The van der Waals surface area contributed by atoms with Crippen molar-refractivity contribution in [1.29, 1.82) is 0 Å². The fraction of sp³-hybridized carbons (Fsp3) is 0.889. The molecule has 11 heavy (non-hydrogen) atoms. The molecular formula is C9H17N2+. The molecule has 0 spiro atoms. The summed E-state index contributed by atoms with van der Waals surface area (Å²) in [6, 6.07) is 0. The van der Waals surface area contributed by atoms with Gasteiger partial charge in [0.1, 0.15) is 19.5 Å². The number of piperidine rings is 1. The van der Waals surface area contributed by atoms with Crippen LogP contribution >= 0.6 is 0 Å². The summed E-state index contributed by atoms with van der Waals surface area (Å²) in [7, 11) is 0. The zero-order chi connectivity index (χ0) is 7.52. The van der Waals surface area contributed by atoms with Crippen LogP contribution in [-0.4, -0.2) is 37.6 Å². The van der Waals surface area contributed by atoms with Gasteiger partial charge in [-0.3, -0.25) is 0 Å². The standard InChI is InChI=1S/C9H17N2/c1-6-11(7-1)8-9-2-4-10-5-3-9/h1,9-10H,2-8H2/q+1. The lowest BCUT2D eigenvalue weighted by Gasteiger charge is -2.29. The summed E-state index contributed by atoms with van der Waals surface area (Å²) >= 11 is 0. The summed E-state index contributed by atoms with van der Waals surface area (Å²) in [5.41, 5.74) is 0. The van der Waals surface area contributed by atoms with E-state index in [1.165, 1.54) is 45.6 Å². The van der Waals surface area contributed by atoms with Crippen LogP contribution in [0.2, 0.25) is 0 Å². The number of rotatable bonds is 2. The number of hydrogen-bond donors (Lipinski definition) is 1. The van der Waals surface area contributed by atoms with Crippen molar-refractivity contribution >= 4 is 0 Å². The average Bonchev–Trinajstić information content (AvgIpc) is 1.99. The third-order valence-electron chi connectivity index (χ3n) is 2.75. The SMILES string of the molecule is [CH+]1CN(CC2CCNCC2)C1. The average molecular weight is 153 g/mol. The van der Waals surface area contributed by atoms with Gasteiger partial charge in [-0.25, -0.2) is 4.90 Å². The topological polar surface area (TPSA) is 15.3 Å². The molecule has 0 atom stereocenters. The smallest absolute Gasteiger partial charge is 0.146 e. The lowest BCUT2D eigenvalue weighted by Crippen LogP contribution is -2.43. The Kier molecular flexibility index (Phi) is 2.34. The van der Waals surface area contributed by atoms with Crippen molar-refractivity contribution in [3.63, 3.8) is 0 Å². The van der Waals surface area contributed by atoms with Crippen molar-refractivity contribution in [2.45, 2.75) is 12.8 Å². The number of hydrogen-bond acceptors (Lipinski definition) is 2. The minimum atomic E-state index is 0.977. The Labute approximate surface area is 69.0 Å². The van der Waals surface area contributed by atoms with Gasteiger partial charge in [-0.2, -0.15) is 0 Å². The molecule has 2 saturated heterocycles. The summed E-state index contributed by atoms with van der Waals surface area (Å²) < 4.78 is 0. The van der Waals surface area contributed by atoms with Crippen LogP contribution in [0.4, 0.5) is 0 Å². The van der Waals surface area contributed by atoms with Crippen molar-refractivity contribution in [1.82, 2.24) is 10.2 Å². The largest absolute Gasteiger partial charge is 0.317 e. The highest BCUT2D eigenvalue weighted by Gasteiger charge is 2.26. The van der Waals surface area contributed by atoms with Gasteiger partial charge in [0.25, 0.3) is 0 Å². The summed E-state index contributed by atoms with van der Waals surface area (Å²) in [5.74, 6) is 0.977. The van der Waals surface area contributed by atoms with Gasteiger partial charge in [-0.1, -0.05) is 0 Å². The van der Waals surface area contributed by atoms with Crippen LogP contribution in [-0.2, 0) is 0 Å². The van der Waals surface area contributed by atoms with Gasteiger partial charge in [-0.05, 0) is 31.8 Å². The molecule has 0 aromatic rings. The van der Waals surface area contributed by atoms with Crippen molar-refractivity contribution in [3.8, 4) is 0 Å². The van der Waals surface area contributed by atoms with Crippen LogP contribution < -0.4 is 5.32 Å². The first-order chi connectivity index (χ1) is 5.45. The molecule has 0 bridgehead atoms. The molecule has 62 valence electrons. The van der Waals surface area contributed by atoms with Crippen molar-refractivity contribution < 1.29 is 0 Å². The second kappa shape index (κ2) is 3.46. The van der Waals surface area contributed by atoms with Crippen LogP contribution in [0.15, 0.2) is 0 Å². The second-order valence-corrected chi connectivity index (χ2v) is 3.70. The third-order valence-corrected chi connectivity index (χ3v) is 2.75. The van der Waals surface area contributed by atoms with Gasteiger partial charge in [0.05, 0.1) is 0 Å². The highest BCUT2D eigenvalue weighted by atomic mass is 15.2. The van der Waals surface area contributed by atoms with E-state index >= 15 is 0 Å². The molecule has 2 nitrogen and oxygen atoms in total. The van der Waals surface area contributed by atoms with E-state index in [9.17, 15) is 0 Å². The van der Waals surface area contributed by atoms with Crippen LogP contribution in [0.3, 0.4) is 0 Å². The molecule has 0 aromatic carbocycles. The molecule has 0 amide bonds. The number of nitrogens with one attached hydrogen (secondary N) is 1. The predicted molar refractivity (Wildman–Crippen MR) is 46.3 cm³/mol. The summed E-state index contributed by atoms with van der Waals surface area (Å²) in [6.07, 6.45) is 5.12. The molecule has 2 heterocycles. The van der Waals surface area contributed by atoms with Gasteiger partial charge in [0, 0.05) is 6.54 Å². The van der Waals surface area contributed by atoms with E-state index in [1.807, 2.05) is 0 Å². The molecule has 0 aromatic heterocycles. The Morgan fingerprint density at radius 1 is 1.27 bits per heavy atom. The Bertz CT molecular complexity index is 115. The van der Waals surface area contributed by atoms with Crippen LogP contribution in [0.25, 0.3) is 0 Å². The van der Waals surface area contributed by atoms with Crippen LogP contribution in [0, 0.1) is 12.3 Å². The Hall–Kier alpha value is -0.210. The van der Waals surface area contributed by atoms with E-state index in [1.54, 1.807) is 0 Å². The quantitative estimate of drug-likeness (QED) is 0.581. The fourth-order valence-corrected chi connectivity index (χ4v) is 1.89. The number of nitrogens with zero attached hydrogens (tertiary/aromatic N) is 1. The van der Waals surface area contributed by atoms with E-state index in [-0.39, 0.29) is 0 Å². The molecule has 2 aliphatic rings. The summed E-state index contributed by atoms with van der Waals surface area (Å²) in [4.78, 5) is 2.54. The molecule has 0 unspecified atom stereocenters. The highest BCUT2D eigenvalue weighted by molar-refractivity contribution is 4.87. The lowest BCUT2D eigenvalue weighted by molar-refractivity contribution is 0.183. The highest BCUT2D eigenvalue weighted by Crippen LogP contribution is 2.16. The minimum Gasteiger partial charge on any atom is -0.317 e. The molecule has 2 rings (SSSR count). The Morgan fingerprint density at radius 2 is 2.00 bits per heavy atom. The van der Waals surface area contributed by atoms with Gasteiger partial charge in [0.2, 0.25) is 0 Å². The van der Waals surface area contributed by atoms with E-state index in [2.05, 4.69) is 16.6 Å². The van der Waals surface area contributed by atoms with Gasteiger partial charge in [-0.15, -0.1) is 0 Å². The zero-order valence-corrected chi connectivity index (χ0v) is 7.05. The van der Waals surface area contributed by atoms with Crippen molar-refractivity contribution in [2.75, 3.05) is 32.7 Å². The van der Waals surface area contributed by atoms with E-state index in [4.69, 9.17) is 0 Å². The molecule has 2 aliphatic heterocycles. The van der Waals surface area contributed by atoms with Gasteiger partial charge >= 0.3 is 0 Å².